The molecule has 0 spiro atoms. The number of hydrogen-bond donors (Lipinski definition) is 3. The number of carboxylic acids is 1. The smallest absolute Gasteiger partial charge is 0.335 e. The van der Waals surface area contributed by atoms with Gasteiger partial charge in [0.1, 0.15) is 12.0 Å². The standard InChI is InChI=1S/C25H19F2N3O6/c1-35-19-10-14(4-7-16(19)26)11-28-24(32)22-29-18-9-8-17(27)21(20(18)23(31)30-22)36-12-13-2-5-15(6-3-13)25(33)34/h2-10H,11-12H2,1H3,(H,28,32)(H,33,34)(H,29,30,31). The second-order valence-corrected chi connectivity index (χ2v) is 7.63. The predicted molar refractivity (Wildman–Crippen MR) is 124 cm³/mol. The Morgan fingerprint density at radius 3 is 2.42 bits per heavy atom. The molecule has 184 valence electrons. The van der Waals surface area contributed by atoms with Gasteiger partial charge in [-0.05, 0) is 47.5 Å². The van der Waals surface area contributed by atoms with Crippen LogP contribution in [-0.2, 0) is 13.2 Å². The summed E-state index contributed by atoms with van der Waals surface area (Å²) in [6.45, 7) is -0.131. The molecule has 0 fully saturated rings. The molecule has 9 nitrogen and oxygen atoms in total. The van der Waals surface area contributed by atoms with Gasteiger partial charge < -0.3 is 24.9 Å². The fourth-order valence-corrected chi connectivity index (χ4v) is 3.41. The van der Waals surface area contributed by atoms with Gasteiger partial charge in [-0.1, -0.05) is 18.2 Å². The van der Waals surface area contributed by atoms with Gasteiger partial charge in [-0.25, -0.2) is 18.6 Å². The maximum atomic E-state index is 14.5. The minimum atomic E-state index is -1.09. The molecule has 0 unspecified atom stereocenters. The Morgan fingerprint density at radius 1 is 1.03 bits per heavy atom. The highest BCUT2D eigenvalue weighted by molar-refractivity contribution is 5.93. The second-order valence-electron chi connectivity index (χ2n) is 7.63. The summed E-state index contributed by atoms with van der Waals surface area (Å²) in [4.78, 5) is 42.8. The fraction of sp³-hybridized carbons (Fsp3) is 0.120. The molecule has 3 N–H and O–H groups in total. The number of hydrogen-bond acceptors (Lipinski definition) is 6. The zero-order chi connectivity index (χ0) is 25.8. The largest absolute Gasteiger partial charge is 0.494 e. The molecule has 0 atom stereocenters. The molecule has 1 heterocycles. The lowest BCUT2D eigenvalue weighted by atomic mass is 10.1. The average molecular weight is 495 g/mol. The Balaban J connectivity index is 1.54. The topological polar surface area (TPSA) is 131 Å². The molecule has 0 bridgehead atoms. The maximum absolute atomic E-state index is 14.5. The van der Waals surface area contributed by atoms with Crippen LogP contribution in [0.4, 0.5) is 8.78 Å². The third-order valence-corrected chi connectivity index (χ3v) is 5.25. The average Bonchev–Trinajstić information content (AvgIpc) is 2.87. The molecular formula is C25H19F2N3O6. The summed E-state index contributed by atoms with van der Waals surface area (Å²) in [7, 11) is 1.32. The molecule has 4 aromatic rings. The van der Waals surface area contributed by atoms with Gasteiger partial charge in [0.2, 0.25) is 0 Å². The monoisotopic (exact) mass is 495 g/mol. The Bertz CT molecular complexity index is 1520. The van der Waals surface area contributed by atoms with E-state index in [0.717, 1.165) is 6.07 Å². The molecule has 0 saturated heterocycles. The lowest BCUT2D eigenvalue weighted by molar-refractivity contribution is 0.0696. The van der Waals surface area contributed by atoms with E-state index in [-0.39, 0.29) is 46.9 Å². The van der Waals surface area contributed by atoms with E-state index in [1.165, 1.54) is 55.6 Å². The summed E-state index contributed by atoms with van der Waals surface area (Å²) in [5.41, 5.74) is 0.433. The number of carbonyl (C=O) groups is 2. The third-order valence-electron chi connectivity index (χ3n) is 5.25. The van der Waals surface area contributed by atoms with Crippen LogP contribution in [0.15, 0.2) is 59.4 Å². The molecule has 1 amide bonds. The van der Waals surface area contributed by atoms with E-state index in [4.69, 9.17) is 14.6 Å². The van der Waals surface area contributed by atoms with Crippen molar-refractivity contribution >= 4 is 22.8 Å². The van der Waals surface area contributed by atoms with Crippen LogP contribution in [0.2, 0.25) is 0 Å². The predicted octanol–water partition coefficient (Wildman–Crippen LogP) is 3.42. The normalized spacial score (nSPS) is 10.8. The zero-order valence-corrected chi connectivity index (χ0v) is 18.8. The van der Waals surface area contributed by atoms with Crippen LogP contribution in [0.25, 0.3) is 10.9 Å². The number of fused-ring (bicyclic) bond motifs is 1. The Hall–Kier alpha value is -4.80. The summed E-state index contributed by atoms with van der Waals surface area (Å²) in [5, 5.41) is 11.4. The summed E-state index contributed by atoms with van der Waals surface area (Å²) < 4.78 is 38.5. The Kier molecular flexibility index (Phi) is 6.91. The van der Waals surface area contributed by atoms with E-state index in [2.05, 4.69) is 15.3 Å². The SMILES string of the molecule is COc1cc(CNC(=O)c2nc3ccc(F)c(OCc4ccc(C(=O)O)cc4)c3c(=O)[nH]2)ccc1F. The number of nitrogens with zero attached hydrogens (tertiary/aromatic N) is 1. The number of H-pyrrole nitrogens is 1. The molecule has 0 aliphatic heterocycles. The van der Waals surface area contributed by atoms with Gasteiger partial charge in [0.25, 0.3) is 11.5 Å². The lowest BCUT2D eigenvalue weighted by Crippen LogP contribution is -2.27. The Morgan fingerprint density at radius 2 is 1.72 bits per heavy atom. The fourth-order valence-electron chi connectivity index (χ4n) is 3.41. The first-order chi connectivity index (χ1) is 17.3. The molecule has 1 aromatic heterocycles. The lowest BCUT2D eigenvalue weighted by Gasteiger charge is -2.11. The first kappa shape index (κ1) is 24.3. The van der Waals surface area contributed by atoms with Crippen LogP contribution in [0.1, 0.15) is 32.1 Å². The van der Waals surface area contributed by atoms with Crippen molar-refractivity contribution in [1.82, 2.24) is 15.3 Å². The molecule has 0 aliphatic carbocycles. The summed E-state index contributed by atoms with van der Waals surface area (Å²) in [5.74, 6) is -3.78. The molecular weight excluding hydrogens is 476 g/mol. The highest BCUT2D eigenvalue weighted by Gasteiger charge is 2.18. The van der Waals surface area contributed by atoms with Crippen molar-refractivity contribution in [3.63, 3.8) is 0 Å². The van der Waals surface area contributed by atoms with Gasteiger partial charge in [-0.2, -0.15) is 0 Å². The van der Waals surface area contributed by atoms with E-state index in [0.29, 0.717) is 11.1 Å². The molecule has 11 heteroatoms. The summed E-state index contributed by atoms with van der Waals surface area (Å²) in [6.07, 6.45) is 0. The number of carbonyl (C=O) groups excluding carboxylic acids is 1. The minimum Gasteiger partial charge on any atom is -0.494 e. The molecule has 0 aliphatic rings. The van der Waals surface area contributed by atoms with Crippen molar-refractivity contribution in [2.45, 2.75) is 13.2 Å². The van der Waals surface area contributed by atoms with Crippen LogP contribution >= 0.6 is 0 Å². The number of benzene rings is 3. The van der Waals surface area contributed by atoms with Gasteiger partial charge in [0.05, 0.1) is 18.2 Å². The third kappa shape index (κ3) is 5.14. The van der Waals surface area contributed by atoms with Gasteiger partial charge in [-0.15, -0.1) is 0 Å². The second kappa shape index (κ2) is 10.2. The number of methoxy groups -OCH3 is 1. The number of nitrogens with one attached hydrogen (secondary N) is 2. The van der Waals surface area contributed by atoms with E-state index in [1.54, 1.807) is 0 Å². The van der Waals surface area contributed by atoms with Gasteiger partial charge >= 0.3 is 5.97 Å². The van der Waals surface area contributed by atoms with Crippen LogP contribution in [0, 0.1) is 11.6 Å². The van der Waals surface area contributed by atoms with E-state index < -0.39 is 29.1 Å². The number of carboxylic acid groups (broad SMARTS) is 1. The van der Waals surface area contributed by atoms with Crippen molar-refractivity contribution in [1.29, 1.82) is 0 Å². The highest BCUT2D eigenvalue weighted by atomic mass is 19.1. The van der Waals surface area contributed by atoms with E-state index in [1.807, 2.05) is 0 Å². The molecule has 36 heavy (non-hydrogen) atoms. The van der Waals surface area contributed by atoms with E-state index in [9.17, 15) is 23.2 Å². The number of aromatic nitrogens is 2. The van der Waals surface area contributed by atoms with Crippen LogP contribution in [-0.4, -0.2) is 34.1 Å². The van der Waals surface area contributed by atoms with Crippen LogP contribution < -0.4 is 20.3 Å². The van der Waals surface area contributed by atoms with Crippen molar-refractivity contribution in [3.05, 3.63) is 99.1 Å². The highest BCUT2D eigenvalue weighted by Crippen LogP contribution is 2.26. The van der Waals surface area contributed by atoms with Gasteiger partial charge in [0.15, 0.2) is 29.0 Å². The molecule has 3 aromatic carbocycles. The van der Waals surface area contributed by atoms with Crippen molar-refractivity contribution in [3.8, 4) is 11.5 Å². The number of amides is 1. The number of halogens is 2. The van der Waals surface area contributed by atoms with E-state index >= 15 is 0 Å². The number of ether oxygens (including phenoxy) is 2. The number of aromatic carboxylic acids is 1. The first-order valence-electron chi connectivity index (χ1n) is 10.5. The van der Waals surface area contributed by atoms with Gasteiger partial charge in [0, 0.05) is 6.54 Å². The summed E-state index contributed by atoms with van der Waals surface area (Å²) >= 11 is 0. The summed E-state index contributed by atoms with van der Waals surface area (Å²) in [6, 6.07) is 12.2. The Labute approximate surface area is 202 Å². The van der Waals surface area contributed by atoms with Crippen molar-refractivity contribution in [2.24, 2.45) is 0 Å². The van der Waals surface area contributed by atoms with Crippen LogP contribution in [0.3, 0.4) is 0 Å². The van der Waals surface area contributed by atoms with Crippen molar-refractivity contribution < 1.29 is 33.0 Å². The number of aromatic amines is 1. The van der Waals surface area contributed by atoms with Gasteiger partial charge in [-0.3, -0.25) is 9.59 Å². The quantitative estimate of drug-likeness (QED) is 0.341. The zero-order valence-electron chi connectivity index (χ0n) is 18.8. The van der Waals surface area contributed by atoms with Crippen LogP contribution in [0.5, 0.6) is 11.5 Å². The minimum absolute atomic E-state index is 0.00959. The van der Waals surface area contributed by atoms with Crippen molar-refractivity contribution in [2.75, 3.05) is 7.11 Å². The molecule has 4 rings (SSSR count). The number of rotatable bonds is 8. The first-order valence-corrected chi connectivity index (χ1v) is 10.5. The maximum Gasteiger partial charge on any atom is 0.335 e. The molecule has 0 saturated carbocycles. The molecule has 0 radical (unpaired) electrons.